The van der Waals surface area contributed by atoms with Gasteiger partial charge in [0.05, 0.1) is 0 Å². The molecule has 2 N–H and O–H groups in total. The number of piperidine rings is 1. The Labute approximate surface area is 154 Å². The lowest BCUT2D eigenvalue weighted by Gasteiger charge is -2.50. The van der Waals surface area contributed by atoms with Crippen LogP contribution in [0.25, 0.3) is 10.9 Å². The molecule has 0 amide bonds. The van der Waals surface area contributed by atoms with Gasteiger partial charge in [0.25, 0.3) is 0 Å². The van der Waals surface area contributed by atoms with Crippen LogP contribution >= 0.6 is 0 Å². The van der Waals surface area contributed by atoms with Crippen molar-refractivity contribution in [3.63, 3.8) is 0 Å². The summed E-state index contributed by atoms with van der Waals surface area (Å²) in [6.45, 7) is 4.45. The summed E-state index contributed by atoms with van der Waals surface area (Å²) in [7, 11) is 2.24. The van der Waals surface area contributed by atoms with Gasteiger partial charge in [-0.25, -0.2) is 0 Å². The maximum Gasteiger partial charge on any atom is 0.115 e. The van der Waals surface area contributed by atoms with Gasteiger partial charge in [-0.3, -0.25) is 0 Å². The summed E-state index contributed by atoms with van der Waals surface area (Å²) in [4.78, 5) is 6.20. The number of rotatable bonds is 1. The van der Waals surface area contributed by atoms with Gasteiger partial charge in [0.2, 0.25) is 0 Å². The average Bonchev–Trinajstić information content (AvgIpc) is 2.98. The molecule has 1 saturated heterocycles. The first kappa shape index (κ1) is 16.0. The van der Waals surface area contributed by atoms with E-state index in [-0.39, 0.29) is 5.41 Å². The summed E-state index contributed by atoms with van der Waals surface area (Å²) in [6.07, 6.45) is 3.30. The van der Waals surface area contributed by atoms with Gasteiger partial charge in [-0.05, 0) is 80.6 Å². The second-order valence-corrected chi connectivity index (χ2v) is 8.38. The van der Waals surface area contributed by atoms with Crippen molar-refractivity contribution in [1.29, 1.82) is 0 Å². The summed E-state index contributed by atoms with van der Waals surface area (Å²) in [6, 6.07) is 14.6. The molecule has 3 heteroatoms. The molecule has 2 aliphatic rings. The summed E-state index contributed by atoms with van der Waals surface area (Å²) < 4.78 is 0. The van der Waals surface area contributed by atoms with Crippen molar-refractivity contribution in [2.45, 2.75) is 31.6 Å². The lowest BCUT2D eigenvalue weighted by molar-refractivity contribution is 0.0994. The Morgan fingerprint density at radius 1 is 1.19 bits per heavy atom. The Balaban J connectivity index is 1.70. The second-order valence-electron chi connectivity index (χ2n) is 8.38. The van der Waals surface area contributed by atoms with Crippen LogP contribution in [0.15, 0.2) is 42.5 Å². The number of aromatic hydroxyl groups is 1. The molecule has 2 unspecified atom stereocenters. The average molecular weight is 346 g/mol. The Kier molecular flexibility index (Phi) is 3.45. The first-order valence-electron chi connectivity index (χ1n) is 9.64. The van der Waals surface area contributed by atoms with Crippen molar-refractivity contribution in [2.75, 3.05) is 20.1 Å². The van der Waals surface area contributed by atoms with Gasteiger partial charge in [0.15, 0.2) is 0 Å². The van der Waals surface area contributed by atoms with Crippen LogP contribution in [0.2, 0.25) is 0 Å². The number of hydrogen-bond donors (Lipinski definition) is 2. The molecule has 1 aromatic heterocycles. The number of nitrogens with one attached hydrogen (secondary N) is 1. The van der Waals surface area contributed by atoms with Crippen LogP contribution in [-0.2, 0) is 18.3 Å². The van der Waals surface area contributed by atoms with Crippen LogP contribution < -0.4 is 0 Å². The lowest BCUT2D eigenvalue weighted by atomic mass is 9.59. The lowest BCUT2D eigenvalue weighted by Crippen LogP contribution is -2.52. The fourth-order valence-electron chi connectivity index (χ4n) is 5.53. The normalized spacial score (nSPS) is 25.8. The molecule has 2 aromatic carbocycles. The summed E-state index contributed by atoms with van der Waals surface area (Å²) >= 11 is 0. The molecule has 1 aliphatic carbocycles. The van der Waals surface area contributed by atoms with E-state index in [1.807, 2.05) is 12.1 Å². The van der Waals surface area contributed by atoms with E-state index in [9.17, 15) is 5.11 Å². The van der Waals surface area contributed by atoms with Crippen LogP contribution in [0.3, 0.4) is 0 Å². The fourth-order valence-corrected chi connectivity index (χ4v) is 5.53. The predicted molar refractivity (Wildman–Crippen MR) is 106 cm³/mol. The van der Waals surface area contributed by atoms with Crippen molar-refractivity contribution in [2.24, 2.45) is 5.92 Å². The molecule has 0 radical (unpaired) electrons. The van der Waals surface area contributed by atoms with Gasteiger partial charge in [0, 0.05) is 28.6 Å². The molecule has 26 heavy (non-hydrogen) atoms. The Bertz CT molecular complexity index is 989. The molecule has 1 aliphatic heterocycles. The Morgan fingerprint density at radius 3 is 2.88 bits per heavy atom. The molecule has 5 rings (SSSR count). The maximum atomic E-state index is 10.1. The zero-order valence-corrected chi connectivity index (χ0v) is 15.5. The standard InChI is InChI=1S/C23H26N2O/c1-15-5-3-8-20-22(15)19-12-17-14-25(2)10-9-23(17,13-21(19)24-20)16-6-4-7-18(26)11-16/h3-8,11,17,24,26H,9-10,12-14H2,1-2H3. The van der Waals surface area contributed by atoms with E-state index in [0.717, 1.165) is 32.4 Å². The van der Waals surface area contributed by atoms with Gasteiger partial charge in [-0.1, -0.05) is 24.3 Å². The number of hydrogen-bond acceptors (Lipinski definition) is 2. The van der Waals surface area contributed by atoms with Crippen molar-refractivity contribution in [3.8, 4) is 5.75 Å². The van der Waals surface area contributed by atoms with Gasteiger partial charge >= 0.3 is 0 Å². The first-order valence-corrected chi connectivity index (χ1v) is 9.64. The van der Waals surface area contributed by atoms with E-state index in [2.05, 4.69) is 48.1 Å². The molecule has 2 atom stereocenters. The molecule has 134 valence electrons. The summed E-state index contributed by atoms with van der Waals surface area (Å²) in [5.74, 6) is 0.960. The summed E-state index contributed by atoms with van der Waals surface area (Å²) in [5.41, 5.74) is 6.99. The van der Waals surface area contributed by atoms with Gasteiger partial charge in [-0.15, -0.1) is 0 Å². The second kappa shape index (κ2) is 5.62. The molecular weight excluding hydrogens is 320 g/mol. The van der Waals surface area contributed by atoms with Gasteiger partial charge in [-0.2, -0.15) is 0 Å². The molecular formula is C23H26N2O. The molecule has 1 fully saturated rings. The minimum absolute atomic E-state index is 0.118. The maximum absolute atomic E-state index is 10.1. The van der Waals surface area contributed by atoms with E-state index >= 15 is 0 Å². The number of phenolic OH excluding ortho intramolecular Hbond substituents is 1. The highest BCUT2D eigenvalue weighted by Crippen LogP contribution is 2.49. The van der Waals surface area contributed by atoms with Crippen LogP contribution in [0.5, 0.6) is 5.75 Å². The summed E-state index contributed by atoms with van der Waals surface area (Å²) in [5, 5.41) is 11.5. The fraction of sp³-hybridized carbons (Fsp3) is 0.391. The minimum Gasteiger partial charge on any atom is -0.508 e. The van der Waals surface area contributed by atoms with Crippen molar-refractivity contribution >= 4 is 10.9 Å². The van der Waals surface area contributed by atoms with E-state index < -0.39 is 0 Å². The first-order chi connectivity index (χ1) is 12.6. The monoisotopic (exact) mass is 346 g/mol. The van der Waals surface area contributed by atoms with E-state index in [1.54, 1.807) is 6.07 Å². The molecule has 0 saturated carbocycles. The van der Waals surface area contributed by atoms with E-state index in [4.69, 9.17) is 0 Å². The van der Waals surface area contributed by atoms with E-state index in [0.29, 0.717) is 11.7 Å². The van der Waals surface area contributed by atoms with E-state index in [1.165, 1.54) is 33.3 Å². The number of H-pyrrole nitrogens is 1. The van der Waals surface area contributed by atoms with Crippen molar-refractivity contribution in [3.05, 3.63) is 64.8 Å². The van der Waals surface area contributed by atoms with Crippen molar-refractivity contribution < 1.29 is 5.11 Å². The SMILES string of the molecule is Cc1cccc2[nH]c3c(c12)CC1CN(C)CCC1(c1cccc(O)c1)C3. The predicted octanol–water partition coefficient (Wildman–Crippen LogP) is 4.17. The quantitative estimate of drug-likeness (QED) is 0.694. The largest absolute Gasteiger partial charge is 0.508 e. The van der Waals surface area contributed by atoms with Crippen LogP contribution in [0, 0.1) is 12.8 Å². The number of aryl methyl sites for hydroxylation is 1. The number of nitrogens with zero attached hydrogens (tertiary/aromatic N) is 1. The van der Waals surface area contributed by atoms with Gasteiger partial charge in [0.1, 0.15) is 5.75 Å². The number of aromatic nitrogens is 1. The topological polar surface area (TPSA) is 39.3 Å². The van der Waals surface area contributed by atoms with Crippen LogP contribution in [0.4, 0.5) is 0 Å². The third-order valence-corrected chi connectivity index (χ3v) is 6.84. The zero-order chi connectivity index (χ0) is 17.9. The highest BCUT2D eigenvalue weighted by Gasteiger charge is 2.47. The third-order valence-electron chi connectivity index (χ3n) is 6.84. The van der Waals surface area contributed by atoms with Crippen LogP contribution in [0.1, 0.15) is 28.8 Å². The minimum atomic E-state index is 0.118. The zero-order valence-electron chi connectivity index (χ0n) is 15.5. The molecule has 3 aromatic rings. The highest BCUT2D eigenvalue weighted by molar-refractivity contribution is 5.88. The number of benzene rings is 2. The van der Waals surface area contributed by atoms with Crippen LogP contribution in [-0.4, -0.2) is 35.1 Å². The number of aromatic amines is 1. The molecule has 3 nitrogen and oxygen atoms in total. The molecule has 0 spiro atoms. The number of phenols is 1. The Hall–Kier alpha value is -2.26. The number of likely N-dealkylation sites (tertiary alicyclic amines) is 1. The van der Waals surface area contributed by atoms with Crippen molar-refractivity contribution in [1.82, 2.24) is 9.88 Å². The molecule has 2 heterocycles. The van der Waals surface area contributed by atoms with Gasteiger partial charge < -0.3 is 15.0 Å². The third kappa shape index (κ3) is 2.23. The highest BCUT2D eigenvalue weighted by atomic mass is 16.3. The smallest absolute Gasteiger partial charge is 0.115 e. The number of fused-ring (bicyclic) bond motifs is 4. The Morgan fingerprint density at radius 2 is 2.04 bits per heavy atom. The molecule has 0 bridgehead atoms.